The van der Waals surface area contributed by atoms with Gasteiger partial charge in [-0.3, -0.25) is 4.79 Å². The van der Waals surface area contributed by atoms with Gasteiger partial charge in [-0.25, -0.2) is 9.89 Å². The van der Waals surface area contributed by atoms with Crippen molar-refractivity contribution < 1.29 is 33.0 Å². The number of halogens is 3. The Kier molecular flexibility index (Phi) is 10.8. The third-order valence-electron chi connectivity index (χ3n) is 6.93. The Morgan fingerprint density at radius 3 is 2.29 bits per heavy atom. The molecule has 0 bridgehead atoms. The van der Waals surface area contributed by atoms with E-state index in [1.807, 2.05) is 0 Å². The van der Waals surface area contributed by atoms with Crippen molar-refractivity contribution in [1.82, 2.24) is 31.3 Å². The summed E-state index contributed by atoms with van der Waals surface area (Å²) < 4.78 is 31.7. The molecule has 13 heteroatoms. The van der Waals surface area contributed by atoms with E-state index >= 15 is 0 Å². The molecule has 5 N–H and O–H groups in total. The number of carboxylic acids is 2. The molecule has 2 aromatic rings. The first-order chi connectivity index (χ1) is 18.1. The number of piperidine rings is 1. The molecule has 1 unspecified atom stereocenters. The Labute approximate surface area is 218 Å². The third kappa shape index (κ3) is 8.91. The summed E-state index contributed by atoms with van der Waals surface area (Å²) in [4.78, 5) is 21.1. The van der Waals surface area contributed by atoms with Crippen molar-refractivity contribution >= 4 is 17.5 Å². The number of rotatable bonds is 10. The molecule has 208 valence electrons. The van der Waals surface area contributed by atoms with Gasteiger partial charge in [-0.15, -0.1) is 5.10 Å². The number of carbonyl (C=O) groups is 2. The second-order valence-corrected chi connectivity index (χ2v) is 9.53. The van der Waals surface area contributed by atoms with Crippen LogP contribution in [0.5, 0.6) is 0 Å². The van der Waals surface area contributed by atoms with Crippen molar-refractivity contribution in [2.24, 2.45) is 11.8 Å². The first-order valence-corrected chi connectivity index (χ1v) is 12.6. The maximum Gasteiger partial charge on any atom is 0.490 e. The molecule has 10 nitrogen and oxygen atoms in total. The number of alkyl halides is 3. The summed E-state index contributed by atoms with van der Waals surface area (Å²) in [6, 6.07) is 8.44. The molecule has 0 spiro atoms. The van der Waals surface area contributed by atoms with Crippen molar-refractivity contribution in [3.05, 3.63) is 47.3 Å². The summed E-state index contributed by atoms with van der Waals surface area (Å²) in [6.45, 7) is 3.95. The van der Waals surface area contributed by atoms with Gasteiger partial charge in [0.05, 0.1) is 5.92 Å². The number of tetrazole rings is 1. The first kappa shape index (κ1) is 29.2. The SMILES string of the molecule is O=C(O)C(CCCC1CCNCC1)[C@H](Cc1ccc(C2=CCNC2)cc1)c1nnn[nH]1.O=C(O)C(F)(F)F. The van der Waals surface area contributed by atoms with Crippen LogP contribution in [0.4, 0.5) is 13.2 Å². The van der Waals surface area contributed by atoms with Crippen LogP contribution in [0.1, 0.15) is 55.0 Å². The number of hydrogen-bond acceptors (Lipinski definition) is 7. The number of nitrogens with one attached hydrogen (secondary N) is 3. The van der Waals surface area contributed by atoms with Gasteiger partial charge < -0.3 is 20.8 Å². The van der Waals surface area contributed by atoms with Crippen LogP contribution < -0.4 is 10.6 Å². The minimum absolute atomic E-state index is 0.279. The molecular weight excluding hydrogens is 505 g/mol. The van der Waals surface area contributed by atoms with Crippen LogP contribution in [0.15, 0.2) is 30.3 Å². The predicted octanol–water partition coefficient (Wildman–Crippen LogP) is 3.02. The molecule has 2 aliphatic heterocycles. The summed E-state index contributed by atoms with van der Waals surface area (Å²) in [5, 5.41) is 38.2. The van der Waals surface area contributed by atoms with Gasteiger partial charge in [-0.2, -0.15) is 13.2 Å². The number of nitrogens with zero attached hydrogens (tertiary/aromatic N) is 3. The Morgan fingerprint density at radius 2 is 1.76 bits per heavy atom. The summed E-state index contributed by atoms with van der Waals surface area (Å²) >= 11 is 0. The van der Waals surface area contributed by atoms with E-state index in [0.29, 0.717) is 24.6 Å². The predicted molar refractivity (Wildman–Crippen MR) is 132 cm³/mol. The van der Waals surface area contributed by atoms with Crippen molar-refractivity contribution in [3.8, 4) is 0 Å². The minimum Gasteiger partial charge on any atom is -0.481 e. The van der Waals surface area contributed by atoms with Crippen LogP contribution in [0.25, 0.3) is 5.57 Å². The molecule has 38 heavy (non-hydrogen) atoms. The molecule has 1 aromatic heterocycles. The highest BCUT2D eigenvalue weighted by atomic mass is 19.4. The molecule has 2 atom stereocenters. The van der Waals surface area contributed by atoms with Crippen LogP contribution in [0, 0.1) is 11.8 Å². The monoisotopic (exact) mass is 538 g/mol. The average Bonchev–Trinajstić information content (AvgIpc) is 3.61. The number of aromatic amines is 1. The van der Waals surface area contributed by atoms with Crippen LogP contribution in [-0.2, 0) is 16.0 Å². The van der Waals surface area contributed by atoms with Gasteiger partial charge in [0.2, 0.25) is 0 Å². The third-order valence-corrected chi connectivity index (χ3v) is 6.93. The Morgan fingerprint density at radius 1 is 1.08 bits per heavy atom. The fourth-order valence-corrected chi connectivity index (χ4v) is 4.85. The van der Waals surface area contributed by atoms with Crippen LogP contribution in [0.2, 0.25) is 0 Å². The molecule has 2 aliphatic rings. The van der Waals surface area contributed by atoms with E-state index in [1.165, 1.54) is 24.0 Å². The van der Waals surface area contributed by atoms with Crippen molar-refractivity contribution in [3.63, 3.8) is 0 Å². The molecule has 4 rings (SSSR count). The molecule has 1 fully saturated rings. The lowest BCUT2D eigenvalue weighted by Crippen LogP contribution is -2.28. The van der Waals surface area contributed by atoms with Gasteiger partial charge in [0, 0.05) is 19.0 Å². The number of aromatic nitrogens is 4. The summed E-state index contributed by atoms with van der Waals surface area (Å²) in [5.41, 5.74) is 3.62. The van der Waals surface area contributed by atoms with Gasteiger partial charge in [-0.1, -0.05) is 43.2 Å². The summed E-state index contributed by atoms with van der Waals surface area (Å²) in [6.07, 6.45) is 2.74. The largest absolute Gasteiger partial charge is 0.490 e. The zero-order valence-electron chi connectivity index (χ0n) is 20.9. The molecule has 1 aromatic carbocycles. The number of aliphatic carboxylic acids is 2. The number of H-pyrrole nitrogens is 1. The lowest BCUT2D eigenvalue weighted by atomic mass is 9.81. The zero-order chi connectivity index (χ0) is 27.5. The lowest BCUT2D eigenvalue weighted by Gasteiger charge is -2.25. The maximum absolute atomic E-state index is 12.2. The molecule has 0 aliphatic carbocycles. The van der Waals surface area contributed by atoms with Crippen LogP contribution in [0.3, 0.4) is 0 Å². The highest BCUT2D eigenvalue weighted by Gasteiger charge is 2.38. The van der Waals surface area contributed by atoms with E-state index in [0.717, 1.165) is 44.6 Å². The van der Waals surface area contributed by atoms with E-state index < -0.39 is 24.0 Å². The smallest absolute Gasteiger partial charge is 0.481 e. The highest BCUT2D eigenvalue weighted by molar-refractivity contribution is 5.73. The second-order valence-electron chi connectivity index (χ2n) is 9.53. The molecule has 0 saturated carbocycles. The van der Waals surface area contributed by atoms with E-state index in [2.05, 4.69) is 61.6 Å². The van der Waals surface area contributed by atoms with Crippen molar-refractivity contribution in [1.29, 1.82) is 0 Å². The first-order valence-electron chi connectivity index (χ1n) is 12.6. The van der Waals surface area contributed by atoms with Crippen molar-refractivity contribution in [2.45, 2.75) is 50.6 Å². The van der Waals surface area contributed by atoms with Crippen molar-refractivity contribution in [2.75, 3.05) is 26.2 Å². The molecule has 1 saturated heterocycles. The van der Waals surface area contributed by atoms with E-state index in [-0.39, 0.29) is 5.92 Å². The normalized spacial score (nSPS) is 17.7. The van der Waals surface area contributed by atoms with E-state index in [1.54, 1.807) is 0 Å². The Balaban J connectivity index is 0.000000505. The fraction of sp³-hybridized carbons (Fsp3) is 0.560. The van der Waals surface area contributed by atoms with E-state index in [4.69, 9.17) is 9.90 Å². The fourth-order valence-electron chi connectivity index (χ4n) is 4.85. The zero-order valence-corrected chi connectivity index (χ0v) is 20.9. The lowest BCUT2D eigenvalue weighted by molar-refractivity contribution is -0.192. The molecule has 3 heterocycles. The number of benzene rings is 1. The molecule has 0 amide bonds. The standard InChI is InChI=1S/C23H32N6O2.C2HF3O2/c30-23(31)20(3-1-2-16-8-11-24-12-9-16)21(22-26-28-29-27-22)14-17-4-6-18(7-5-17)19-10-13-25-15-19;3-2(4,5)1(6)7/h4-7,10,16,20-21,24-25H,1-3,8-9,11-15H2,(H,30,31)(H,26,27,28,29);(H,6,7)/t20?,21-;/m0./s1. The van der Waals surface area contributed by atoms with Gasteiger partial charge >= 0.3 is 18.1 Å². The average molecular weight is 539 g/mol. The summed E-state index contributed by atoms with van der Waals surface area (Å²) in [7, 11) is 0. The maximum atomic E-state index is 12.2. The van der Waals surface area contributed by atoms with Gasteiger partial charge in [0.1, 0.15) is 0 Å². The van der Waals surface area contributed by atoms with E-state index in [9.17, 15) is 23.1 Å². The van der Waals surface area contributed by atoms with Crippen LogP contribution >= 0.6 is 0 Å². The topological polar surface area (TPSA) is 153 Å². The highest BCUT2D eigenvalue weighted by Crippen LogP contribution is 2.32. The minimum atomic E-state index is -5.08. The number of carboxylic acid groups (broad SMARTS) is 2. The van der Waals surface area contributed by atoms with Gasteiger partial charge in [-0.05, 0) is 71.8 Å². The second kappa shape index (κ2) is 14.0. The van der Waals surface area contributed by atoms with Gasteiger partial charge in [0.15, 0.2) is 5.82 Å². The van der Waals surface area contributed by atoms with Gasteiger partial charge in [0.25, 0.3) is 0 Å². The Bertz CT molecular complexity index is 1050. The summed E-state index contributed by atoms with van der Waals surface area (Å²) in [5.74, 6) is -3.07. The number of hydrogen-bond donors (Lipinski definition) is 5. The van der Waals surface area contributed by atoms with Crippen LogP contribution in [-0.4, -0.2) is 75.1 Å². The molecule has 0 radical (unpaired) electrons. The Hall–Kier alpha value is -3.32. The molecular formula is C25H33F3N6O4. The quantitative estimate of drug-likeness (QED) is 0.307.